The van der Waals surface area contributed by atoms with Crippen LogP contribution in [0.1, 0.15) is 6.42 Å². The molecule has 1 amide bonds. The number of rotatable bonds is 8. The third-order valence-corrected chi connectivity index (χ3v) is 3.21. The summed E-state index contributed by atoms with van der Waals surface area (Å²) in [7, 11) is 1.51. The molecular weight excluding hydrogens is 351 g/mol. The summed E-state index contributed by atoms with van der Waals surface area (Å²) < 4.78 is 52.2. The van der Waals surface area contributed by atoms with E-state index in [-0.39, 0.29) is 24.5 Å². The molecule has 0 heterocycles. The lowest BCUT2D eigenvalue weighted by atomic mass is 10.2. The minimum atomic E-state index is -4.46. The Labute approximate surface area is 148 Å². The maximum atomic E-state index is 12.3. The van der Waals surface area contributed by atoms with Gasteiger partial charge in [0.15, 0.2) is 18.1 Å². The number of hydrogen-bond acceptors (Lipinski definition) is 4. The number of benzene rings is 2. The molecule has 0 aromatic heterocycles. The first-order valence-electron chi connectivity index (χ1n) is 7.73. The molecule has 26 heavy (non-hydrogen) atoms. The van der Waals surface area contributed by atoms with Crippen molar-refractivity contribution in [2.75, 3.05) is 25.6 Å². The second-order valence-electron chi connectivity index (χ2n) is 5.20. The predicted octanol–water partition coefficient (Wildman–Crippen LogP) is 4.04. The Bertz CT molecular complexity index is 734. The minimum Gasteiger partial charge on any atom is -0.493 e. The van der Waals surface area contributed by atoms with Crippen LogP contribution in [-0.2, 0) is 4.79 Å². The third kappa shape index (κ3) is 6.19. The van der Waals surface area contributed by atoms with Crippen LogP contribution in [0.5, 0.6) is 17.2 Å². The van der Waals surface area contributed by atoms with Gasteiger partial charge in [-0.1, -0.05) is 24.3 Å². The highest BCUT2D eigenvalue weighted by atomic mass is 19.4. The van der Waals surface area contributed by atoms with Crippen molar-refractivity contribution in [3.05, 3.63) is 48.5 Å². The largest absolute Gasteiger partial charge is 0.493 e. The fraction of sp³-hybridized carbons (Fsp3) is 0.278. The number of halogens is 3. The number of amides is 1. The maximum absolute atomic E-state index is 12.3. The molecule has 0 saturated heterocycles. The maximum Gasteiger partial charge on any atom is 0.422 e. The zero-order chi connectivity index (χ0) is 19.0. The fourth-order valence-electron chi connectivity index (χ4n) is 2.06. The van der Waals surface area contributed by atoms with Crippen molar-refractivity contribution < 1.29 is 32.2 Å². The molecule has 2 aromatic rings. The zero-order valence-corrected chi connectivity index (χ0v) is 14.0. The summed E-state index contributed by atoms with van der Waals surface area (Å²) in [5, 5.41) is 2.52. The van der Waals surface area contributed by atoms with Crippen molar-refractivity contribution in [1.29, 1.82) is 0 Å². The highest BCUT2D eigenvalue weighted by molar-refractivity contribution is 5.92. The van der Waals surface area contributed by atoms with Crippen LogP contribution in [-0.4, -0.2) is 32.4 Å². The Hall–Kier alpha value is -2.90. The van der Waals surface area contributed by atoms with Gasteiger partial charge in [0.05, 0.1) is 25.8 Å². The number of carbonyl (C=O) groups is 1. The van der Waals surface area contributed by atoms with Gasteiger partial charge in [-0.2, -0.15) is 13.2 Å². The zero-order valence-electron chi connectivity index (χ0n) is 14.0. The van der Waals surface area contributed by atoms with Gasteiger partial charge >= 0.3 is 6.18 Å². The van der Waals surface area contributed by atoms with Crippen LogP contribution < -0.4 is 19.5 Å². The molecule has 2 aromatic carbocycles. The van der Waals surface area contributed by atoms with Crippen molar-refractivity contribution in [1.82, 2.24) is 0 Å². The van der Waals surface area contributed by atoms with Gasteiger partial charge < -0.3 is 19.5 Å². The van der Waals surface area contributed by atoms with Crippen molar-refractivity contribution in [2.24, 2.45) is 0 Å². The van der Waals surface area contributed by atoms with Gasteiger partial charge in [-0.25, -0.2) is 0 Å². The lowest BCUT2D eigenvalue weighted by Crippen LogP contribution is -2.20. The summed E-state index contributed by atoms with van der Waals surface area (Å²) >= 11 is 0. The quantitative estimate of drug-likeness (QED) is 0.763. The molecule has 0 aliphatic heterocycles. The third-order valence-electron chi connectivity index (χ3n) is 3.21. The molecular formula is C18H18F3NO4. The number of methoxy groups -OCH3 is 1. The molecule has 0 aliphatic rings. The highest BCUT2D eigenvalue weighted by Gasteiger charge is 2.28. The van der Waals surface area contributed by atoms with Crippen molar-refractivity contribution in [2.45, 2.75) is 12.6 Å². The molecule has 1 N–H and O–H groups in total. The van der Waals surface area contributed by atoms with Gasteiger partial charge in [-0.15, -0.1) is 0 Å². The van der Waals surface area contributed by atoms with Gasteiger partial charge in [0.25, 0.3) is 0 Å². The standard InChI is InChI=1S/C18H18F3NO4/c1-24-15-8-4-5-9-16(15)25-11-10-17(23)22-13-6-2-3-7-14(13)26-12-18(19,20)21/h2-9H,10-12H2,1H3,(H,22,23). The molecule has 0 fully saturated rings. The van der Waals surface area contributed by atoms with Crippen LogP contribution in [0.15, 0.2) is 48.5 Å². The molecule has 2 rings (SSSR count). The Morgan fingerprint density at radius 2 is 1.58 bits per heavy atom. The Morgan fingerprint density at radius 1 is 0.962 bits per heavy atom. The van der Waals surface area contributed by atoms with Crippen LogP contribution in [0.3, 0.4) is 0 Å². The van der Waals surface area contributed by atoms with E-state index in [2.05, 4.69) is 5.32 Å². The summed E-state index contributed by atoms with van der Waals surface area (Å²) in [5.41, 5.74) is 0.166. The summed E-state index contributed by atoms with van der Waals surface area (Å²) in [6.45, 7) is -1.35. The first-order chi connectivity index (χ1) is 12.4. The average molecular weight is 369 g/mol. The lowest BCUT2D eigenvalue weighted by Gasteiger charge is -2.14. The van der Waals surface area contributed by atoms with E-state index < -0.39 is 18.7 Å². The van der Waals surface area contributed by atoms with Crippen molar-refractivity contribution in [3.63, 3.8) is 0 Å². The van der Waals surface area contributed by atoms with Crippen molar-refractivity contribution in [3.8, 4) is 17.2 Å². The Kier molecular flexibility index (Phi) is 6.71. The average Bonchev–Trinajstić information content (AvgIpc) is 2.60. The van der Waals surface area contributed by atoms with Crippen LogP contribution in [0.25, 0.3) is 0 Å². The van der Waals surface area contributed by atoms with Gasteiger partial charge in [0, 0.05) is 0 Å². The Balaban J connectivity index is 1.88. The monoisotopic (exact) mass is 369 g/mol. The first kappa shape index (κ1) is 19.4. The molecule has 5 nitrogen and oxygen atoms in total. The molecule has 0 spiro atoms. The van der Waals surface area contributed by atoms with Gasteiger partial charge in [0.1, 0.15) is 5.75 Å². The lowest BCUT2D eigenvalue weighted by molar-refractivity contribution is -0.153. The van der Waals surface area contributed by atoms with Crippen LogP contribution >= 0.6 is 0 Å². The molecule has 0 aliphatic carbocycles. The van der Waals surface area contributed by atoms with E-state index in [0.29, 0.717) is 11.5 Å². The molecule has 0 radical (unpaired) electrons. The number of alkyl halides is 3. The molecule has 0 unspecified atom stereocenters. The predicted molar refractivity (Wildman–Crippen MR) is 89.7 cm³/mol. The van der Waals surface area contributed by atoms with E-state index in [1.807, 2.05) is 0 Å². The van der Waals surface area contributed by atoms with E-state index in [0.717, 1.165) is 0 Å². The molecule has 0 bridgehead atoms. The SMILES string of the molecule is COc1ccccc1OCCC(=O)Nc1ccccc1OCC(F)(F)F. The number of para-hydroxylation sites is 4. The van der Waals surface area contributed by atoms with Crippen LogP contribution in [0.4, 0.5) is 18.9 Å². The number of hydrogen-bond donors (Lipinski definition) is 1. The van der Waals surface area contributed by atoms with Gasteiger partial charge in [-0.05, 0) is 24.3 Å². The van der Waals surface area contributed by atoms with Gasteiger partial charge in [0.2, 0.25) is 5.91 Å². The minimum absolute atomic E-state index is 0.00561. The number of ether oxygens (including phenoxy) is 3. The summed E-state index contributed by atoms with van der Waals surface area (Å²) in [5.74, 6) is 0.572. The molecule has 0 saturated carbocycles. The molecule has 8 heteroatoms. The number of anilines is 1. The van der Waals surface area contributed by atoms with Gasteiger partial charge in [-0.3, -0.25) is 4.79 Å². The Morgan fingerprint density at radius 3 is 2.23 bits per heavy atom. The molecule has 0 atom stereocenters. The highest BCUT2D eigenvalue weighted by Crippen LogP contribution is 2.27. The van der Waals surface area contributed by atoms with E-state index in [9.17, 15) is 18.0 Å². The van der Waals surface area contributed by atoms with E-state index in [1.54, 1.807) is 30.3 Å². The topological polar surface area (TPSA) is 56.8 Å². The summed E-state index contributed by atoms with van der Waals surface area (Å²) in [6.07, 6.45) is -4.45. The fourth-order valence-corrected chi connectivity index (χ4v) is 2.06. The number of carbonyl (C=O) groups excluding carboxylic acids is 1. The van der Waals surface area contributed by atoms with E-state index >= 15 is 0 Å². The van der Waals surface area contributed by atoms with E-state index in [4.69, 9.17) is 14.2 Å². The first-order valence-corrected chi connectivity index (χ1v) is 7.73. The van der Waals surface area contributed by atoms with E-state index in [1.165, 1.54) is 25.3 Å². The second kappa shape index (κ2) is 8.98. The molecule has 140 valence electrons. The summed E-state index contributed by atoms with van der Waals surface area (Å²) in [4.78, 5) is 12.0. The van der Waals surface area contributed by atoms with Crippen LogP contribution in [0.2, 0.25) is 0 Å². The van der Waals surface area contributed by atoms with Crippen LogP contribution in [0, 0.1) is 0 Å². The van der Waals surface area contributed by atoms with Crippen molar-refractivity contribution >= 4 is 11.6 Å². The second-order valence-corrected chi connectivity index (χ2v) is 5.20. The summed E-state index contributed by atoms with van der Waals surface area (Å²) in [6, 6.07) is 12.9. The smallest absolute Gasteiger partial charge is 0.422 e. The normalized spacial score (nSPS) is 10.9. The number of nitrogens with one attached hydrogen (secondary N) is 1.